The van der Waals surface area contributed by atoms with Gasteiger partial charge in [-0.15, -0.1) is 0 Å². The van der Waals surface area contributed by atoms with Crippen molar-refractivity contribution in [2.24, 2.45) is 0 Å². The van der Waals surface area contributed by atoms with Crippen LogP contribution in [0.1, 0.15) is 17.3 Å². The van der Waals surface area contributed by atoms with Gasteiger partial charge >= 0.3 is 0 Å². The number of fused-ring (bicyclic) bond motifs is 2. The molecule has 0 aliphatic carbocycles. The van der Waals surface area contributed by atoms with Gasteiger partial charge < -0.3 is 4.74 Å². The number of benzene rings is 3. The van der Waals surface area contributed by atoms with E-state index in [0.29, 0.717) is 17.3 Å². The van der Waals surface area contributed by atoms with Crippen molar-refractivity contribution < 1.29 is 9.53 Å². The fraction of sp³-hybridized carbons (Fsp3) is 0.100. The second kappa shape index (κ2) is 6.53. The van der Waals surface area contributed by atoms with E-state index < -0.39 is 0 Å². The van der Waals surface area contributed by atoms with Gasteiger partial charge in [-0.1, -0.05) is 41.7 Å². The number of ether oxygens (including phenoxy) is 1. The summed E-state index contributed by atoms with van der Waals surface area (Å²) in [5.74, 6) is 0.654. The lowest BCUT2D eigenvalue weighted by atomic mass is 10.1. The zero-order valence-corrected chi connectivity index (χ0v) is 14.5. The third-order valence-electron chi connectivity index (χ3n) is 3.90. The molecule has 0 saturated heterocycles. The molecule has 3 aromatic carbocycles. The van der Waals surface area contributed by atoms with Crippen LogP contribution in [0, 0.1) is 0 Å². The largest absolute Gasteiger partial charge is 0.494 e. The molecule has 1 aromatic heterocycles. The first kappa shape index (κ1) is 15.6. The summed E-state index contributed by atoms with van der Waals surface area (Å²) in [7, 11) is 0. The topological polar surface area (TPSA) is 51.2 Å². The van der Waals surface area contributed by atoms with Crippen LogP contribution in [0.4, 0.5) is 5.13 Å². The summed E-state index contributed by atoms with van der Waals surface area (Å²) in [5, 5.41) is 5.63. The normalized spacial score (nSPS) is 10.9. The molecule has 0 spiro atoms. The first-order valence-corrected chi connectivity index (χ1v) is 8.88. The maximum absolute atomic E-state index is 12.5. The van der Waals surface area contributed by atoms with Crippen LogP contribution in [0.3, 0.4) is 0 Å². The van der Waals surface area contributed by atoms with Gasteiger partial charge in [0.1, 0.15) is 5.75 Å². The average molecular weight is 348 g/mol. The van der Waals surface area contributed by atoms with E-state index in [1.807, 2.05) is 67.6 Å². The maximum atomic E-state index is 12.5. The molecule has 25 heavy (non-hydrogen) atoms. The lowest BCUT2D eigenvalue weighted by Gasteiger charge is -2.03. The number of hydrogen-bond donors (Lipinski definition) is 1. The van der Waals surface area contributed by atoms with Crippen molar-refractivity contribution in [3.63, 3.8) is 0 Å². The number of nitrogens with one attached hydrogen (secondary N) is 1. The molecule has 0 saturated carbocycles. The van der Waals surface area contributed by atoms with Gasteiger partial charge in [-0.3, -0.25) is 10.1 Å². The van der Waals surface area contributed by atoms with Gasteiger partial charge in [0.25, 0.3) is 5.91 Å². The molecule has 0 bridgehead atoms. The van der Waals surface area contributed by atoms with Gasteiger partial charge in [0.2, 0.25) is 0 Å². The molecule has 0 unspecified atom stereocenters. The Bertz CT molecular complexity index is 1070. The zero-order chi connectivity index (χ0) is 17.2. The number of thiazole rings is 1. The number of rotatable bonds is 4. The predicted octanol–water partition coefficient (Wildman–Crippen LogP) is 5.10. The summed E-state index contributed by atoms with van der Waals surface area (Å²) < 4.78 is 6.49. The molecule has 124 valence electrons. The Labute approximate surface area is 149 Å². The van der Waals surface area contributed by atoms with E-state index in [9.17, 15) is 4.79 Å². The van der Waals surface area contributed by atoms with E-state index in [-0.39, 0.29) is 5.91 Å². The molecule has 4 nitrogen and oxygen atoms in total. The lowest BCUT2D eigenvalue weighted by molar-refractivity contribution is 0.102. The van der Waals surface area contributed by atoms with Crippen LogP contribution in [0.2, 0.25) is 0 Å². The average Bonchev–Trinajstić information content (AvgIpc) is 3.03. The summed E-state index contributed by atoms with van der Waals surface area (Å²) in [4.78, 5) is 17.0. The lowest BCUT2D eigenvalue weighted by Crippen LogP contribution is -2.11. The first-order valence-electron chi connectivity index (χ1n) is 8.06. The molecular weight excluding hydrogens is 332 g/mol. The molecule has 1 amide bonds. The van der Waals surface area contributed by atoms with E-state index >= 15 is 0 Å². The van der Waals surface area contributed by atoms with Crippen molar-refractivity contribution in [2.45, 2.75) is 6.92 Å². The van der Waals surface area contributed by atoms with Crippen molar-refractivity contribution in [3.05, 3.63) is 66.2 Å². The smallest absolute Gasteiger partial charge is 0.257 e. The summed E-state index contributed by atoms with van der Waals surface area (Å²) in [5.41, 5.74) is 1.47. The van der Waals surface area contributed by atoms with Crippen molar-refractivity contribution >= 4 is 43.4 Å². The monoisotopic (exact) mass is 348 g/mol. The van der Waals surface area contributed by atoms with Crippen molar-refractivity contribution in [2.75, 3.05) is 11.9 Å². The van der Waals surface area contributed by atoms with Crippen LogP contribution in [0.15, 0.2) is 60.7 Å². The van der Waals surface area contributed by atoms with Gasteiger partial charge in [0, 0.05) is 5.56 Å². The van der Waals surface area contributed by atoms with Gasteiger partial charge in [0.05, 0.1) is 16.8 Å². The van der Waals surface area contributed by atoms with E-state index in [2.05, 4.69) is 10.3 Å². The summed E-state index contributed by atoms with van der Waals surface area (Å²) in [6.07, 6.45) is 0. The van der Waals surface area contributed by atoms with Crippen molar-refractivity contribution in [3.8, 4) is 5.75 Å². The standard InChI is InChI=1S/C20H16N2O2S/c1-2-24-16-9-10-17-18(12-16)25-20(21-17)22-19(23)15-8-7-13-5-3-4-6-14(13)11-15/h3-12H,2H2,1H3,(H,21,22,23). The van der Waals surface area contributed by atoms with Crippen LogP contribution < -0.4 is 10.1 Å². The highest BCUT2D eigenvalue weighted by molar-refractivity contribution is 7.22. The Kier molecular flexibility index (Phi) is 4.07. The number of nitrogens with zero attached hydrogens (tertiary/aromatic N) is 1. The predicted molar refractivity (Wildman–Crippen MR) is 103 cm³/mol. The van der Waals surface area contributed by atoms with Crippen molar-refractivity contribution in [1.82, 2.24) is 4.98 Å². The molecule has 1 heterocycles. The summed E-state index contributed by atoms with van der Waals surface area (Å²) >= 11 is 1.44. The van der Waals surface area contributed by atoms with E-state index in [4.69, 9.17) is 4.74 Å². The minimum Gasteiger partial charge on any atom is -0.494 e. The highest BCUT2D eigenvalue weighted by Crippen LogP contribution is 2.29. The minimum atomic E-state index is -0.158. The zero-order valence-electron chi connectivity index (χ0n) is 13.7. The van der Waals surface area contributed by atoms with E-state index in [1.165, 1.54) is 11.3 Å². The number of carbonyl (C=O) groups is 1. The second-order valence-corrected chi connectivity index (χ2v) is 6.63. The summed E-state index contributed by atoms with van der Waals surface area (Å²) in [6.45, 7) is 2.57. The Morgan fingerprint density at radius 1 is 1.08 bits per heavy atom. The van der Waals surface area contributed by atoms with Crippen molar-refractivity contribution in [1.29, 1.82) is 0 Å². The second-order valence-electron chi connectivity index (χ2n) is 5.60. The van der Waals surface area contributed by atoms with Gasteiger partial charge in [-0.05, 0) is 48.0 Å². The molecule has 4 aromatic rings. The quantitative estimate of drug-likeness (QED) is 0.558. The molecule has 1 N–H and O–H groups in total. The number of aromatic nitrogens is 1. The molecule has 4 rings (SSSR count). The molecule has 0 aliphatic rings. The number of hydrogen-bond acceptors (Lipinski definition) is 4. The van der Waals surface area contributed by atoms with Crippen LogP contribution in [0.5, 0.6) is 5.75 Å². The molecular formula is C20H16N2O2S. The Morgan fingerprint density at radius 2 is 1.92 bits per heavy atom. The Balaban J connectivity index is 1.59. The van der Waals surface area contributed by atoms with Crippen LogP contribution in [-0.2, 0) is 0 Å². The molecule has 0 fully saturated rings. The molecule has 0 atom stereocenters. The molecule has 0 radical (unpaired) electrons. The Morgan fingerprint density at radius 3 is 2.76 bits per heavy atom. The first-order chi connectivity index (χ1) is 12.2. The van der Waals surface area contributed by atoms with Gasteiger partial charge in [-0.25, -0.2) is 4.98 Å². The van der Waals surface area contributed by atoms with E-state index in [0.717, 1.165) is 26.7 Å². The molecule has 5 heteroatoms. The fourth-order valence-electron chi connectivity index (χ4n) is 2.71. The highest BCUT2D eigenvalue weighted by atomic mass is 32.1. The fourth-order valence-corrected chi connectivity index (χ4v) is 3.60. The minimum absolute atomic E-state index is 0.158. The van der Waals surface area contributed by atoms with Gasteiger partial charge in [0.15, 0.2) is 5.13 Å². The molecule has 0 aliphatic heterocycles. The number of amides is 1. The van der Waals surface area contributed by atoms with E-state index in [1.54, 1.807) is 0 Å². The number of anilines is 1. The third-order valence-corrected chi connectivity index (χ3v) is 4.84. The van der Waals surface area contributed by atoms with Crippen LogP contribution in [-0.4, -0.2) is 17.5 Å². The highest BCUT2D eigenvalue weighted by Gasteiger charge is 2.11. The SMILES string of the molecule is CCOc1ccc2nc(NC(=O)c3ccc4ccccc4c3)sc2c1. The summed E-state index contributed by atoms with van der Waals surface area (Å²) in [6, 6.07) is 19.4. The Hall–Kier alpha value is -2.92. The number of carbonyl (C=O) groups excluding carboxylic acids is 1. The van der Waals surface area contributed by atoms with Gasteiger partial charge in [-0.2, -0.15) is 0 Å². The third kappa shape index (κ3) is 3.19. The maximum Gasteiger partial charge on any atom is 0.257 e. The van der Waals surface area contributed by atoms with Crippen LogP contribution in [0.25, 0.3) is 21.0 Å². The van der Waals surface area contributed by atoms with Crippen LogP contribution >= 0.6 is 11.3 Å².